The second kappa shape index (κ2) is 6.61. The number of aliphatic hydroxyl groups is 1. The maximum Gasteiger partial charge on any atom is 0.111 e. The molecular formula is C15H18Cl2N2O. The molecular weight excluding hydrogens is 295 g/mol. The molecule has 1 atom stereocenters. The lowest BCUT2D eigenvalue weighted by Crippen LogP contribution is -2.32. The van der Waals surface area contributed by atoms with E-state index in [4.69, 9.17) is 23.2 Å². The van der Waals surface area contributed by atoms with E-state index in [1.54, 1.807) is 29.1 Å². The standard InChI is InChI=1S/C15H18Cl2N2O/c1-2-3-7-15(20,11-19-9-4-8-18-19)13-6-5-12(16)10-14(13)17/h4-6,8-10,20H,2-3,7,11H2,1H3. The molecule has 1 heterocycles. The molecule has 0 saturated carbocycles. The summed E-state index contributed by atoms with van der Waals surface area (Å²) in [6, 6.07) is 7.05. The molecule has 20 heavy (non-hydrogen) atoms. The lowest BCUT2D eigenvalue weighted by molar-refractivity contribution is 0.00439. The highest BCUT2D eigenvalue weighted by Crippen LogP contribution is 2.35. The van der Waals surface area contributed by atoms with Crippen LogP contribution in [-0.2, 0) is 12.1 Å². The highest BCUT2D eigenvalue weighted by molar-refractivity contribution is 6.35. The van der Waals surface area contributed by atoms with Gasteiger partial charge in [0.05, 0.1) is 6.54 Å². The molecule has 1 aromatic carbocycles. The van der Waals surface area contributed by atoms with E-state index < -0.39 is 5.60 Å². The summed E-state index contributed by atoms with van der Waals surface area (Å²) in [5, 5.41) is 16.3. The van der Waals surface area contributed by atoms with E-state index in [-0.39, 0.29) is 0 Å². The molecule has 0 fully saturated rings. The lowest BCUT2D eigenvalue weighted by atomic mass is 9.88. The number of nitrogens with zero attached hydrogens (tertiary/aromatic N) is 2. The van der Waals surface area contributed by atoms with Gasteiger partial charge >= 0.3 is 0 Å². The van der Waals surface area contributed by atoms with E-state index in [9.17, 15) is 5.11 Å². The van der Waals surface area contributed by atoms with Crippen molar-refractivity contribution in [2.45, 2.75) is 38.3 Å². The predicted octanol–water partition coefficient (Wildman–Crippen LogP) is 4.27. The van der Waals surface area contributed by atoms with Crippen LogP contribution in [0.3, 0.4) is 0 Å². The molecule has 0 aliphatic carbocycles. The van der Waals surface area contributed by atoms with Gasteiger partial charge in [0.2, 0.25) is 0 Å². The fourth-order valence-electron chi connectivity index (χ4n) is 2.30. The number of hydrogen-bond donors (Lipinski definition) is 1. The zero-order valence-electron chi connectivity index (χ0n) is 11.4. The Morgan fingerprint density at radius 1 is 1.35 bits per heavy atom. The van der Waals surface area contributed by atoms with Crippen molar-refractivity contribution < 1.29 is 5.11 Å². The summed E-state index contributed by atoms with van der Waals surface area (Å²) in [4.78, 5) is 0. The summed E-state index contributed by atoms with van der Waals surface area (Å²) in [6.45, 7) is 2.47. The molecule has 2 aromatic rings. The van der Waals surface area contributed by atoms with E-state index in [1.807, 2.05) is 12.3 Å². The minimum absolute atomic E-state index is 0.376. The Hall–Kier alpha value is -1.03. The molecule has 0 spiro atoms. The topological polar surface area (TPSA) is 38.0 Å². The van der Waals surface area contributed by atoms with Crippen LogP contribution >= 0.6 is 23.2 Å². The fraction of sp³-hybridized carbons (Fsp3) is 0.400. The first kappa shape index (κ1) is 15.4. The van der Waals surface area contributed by atoms with Crippen molar-refractivity contribution in [1.82, 2.24) is 9.78 Å². The van der Waals surface area contributed by atoms with Gasteiger partial charge in [-0.1, -0.05) is 49.0 Å². The smallest absolute Gasteiger partial charge is 0.111 e. The quantitative estimate of drug-likeness (QED) is 0.865. The van der Waals surface area contributed by atoms with Crippen molar-refractivity contribution in [3.05, 3.63) is 52.3 Å². The first-order chi connectivity index (χ1) is 9.55. The van der Waals surface area contributed by atoms with Gasteiger partial charge in [0, 0.05) is 28.0 Å². The zero-order chi connectivity index (χ0) is 14.6. The second-order valence-electron chi connectivity index (χ2n) is 4.96. The molecule has 0 amide bonds. The van der Waals surface area contributed by atoms with Gasteiger partial charge in [-0.2, -0.15) is 5.10 Å². The van der Waals surface area contributed by atoms with Crippen molar-refractivity contribution in [1.29, 1.82) is 0 Å². The highest BCUT2D eigenvalue weighted by atomic mass is 35.5. The molecule has 108 valence electrons. The van der Waals surface area contributed by atoms with Gasteiger partial charge in [-0.15, -0.1) is 0 Å². The van der Waals surface area contributed by atoms with Crippen molar-refractivity contribution in [3.63, 3.8) is 0 Å². The minimum Gasteiger partial charge on any atom is -0.383 e. The number of halogens is 2. The minimum atomic E-state index is -1.04. The molecule has 0 radical (unpaired) electrons. The zero-order valence-corrected chi connectivity index (χ0v) is 12.9. The molecule has 0 bridgehead atoms. The molecule has 3 nitrogen and oxygen atoms in total. The van der Waals surface area contributed by atoms with Gasteiger partial charge in [0.25, 0.3) is 0 Å². The molecule has 5 heteroatoms. The van der Waals surface area contributed by atoms with Crippen LogP contribution < -0.4 is 0 Å². The second-order valence-corrected chi connectivity index (χ2v) is 5.81. The van der Waals surface area contributed by atoms with E-state index in [0.29, 0.717) is 28.6 Å². The first-order valence-corrected chi connectivity index (χ1v) is 7.46. The Labute approximate surface area is 129 Å². The summed E-state index contributed by atoms with van der Waals surface area (Å²) >= 11 is 12.2. The van der Waals surface area contributed by atoms with Crippen LogP contribution in [-0.4, -0.2) is 14.9 Å². The predicted molar refractivity (Wildman–Crippen MR) is 82.1 cm³/mol. The number of aromatic nitrogens is 2. The number of rotatable bonds is 6. The maximum atomic E-state index is 11.1. The van der Waals surface area contributed by atoms with Gasteiger partial charge < -0.3 is 5.11 Å². The molecule has 0 aliphatic heterocycles. The first-order valence-electron chi connectivity index (χ1n) is 6.70. The molecule has 2 rings (SSSR count). The average Bonchev–Trinajstić information content (AvgIpc) is 2.88. The van der Waals surface area contributed by atoms with E-state index in [1.165, 1.54) is 0 Å². The third-order valence-corrected chi connectivity index (χ3v) is 3.91. The van der Waals surface area contributed by atoms with Gasteiger partial charge in [-0.25, -0.2) is 0 Å². The Morgan fingerprint density at radius 3 is 2.75 bits per heavy atom. The van der Waals surface area contributed by atoms with Crippen LogP contribution in [0.4, 0.5) is 0 Å². The van der Waals surface area contributed by atoms with E-state index >= 15 is 0 Å². The summed E-state index contributed by atoms with van der Waals surface area (Å²) in [7, 11) is 0. The van der Waals surface area contributed by atoms with E-state index in [2.05, 4.69) is 12.0 Å². The van der Waals surface area contributed by atoms with Crippen LogP contribution in [0.5, 0.6) is 0 Å². The number of benzene rings is 1. The Balaban J connectivity index is 2.34. The van der Waals surface area contributed by atoms with Crippen LogP contribution in [0.15, 0.2) is 36.7 Å². The van der Waals surface area contributed by atoms with Crippen LogP contribution in [0, 0.1) is 0 Å². The summed E-state index contributed by atoms with van der Waals surface area (Å²) < 4.78 is 1.72. The Bertz CT molecular complexity index is 557. The van der Waals surface area contributed by atoms with Crippen LogP contribution in [0.1, 0.15) is 31.7 Å². The van der Waals surface area contributed by atoms with Crippen molar-refractivity contribution in [2.24, 2.45) is 0 Å². The summed E-state index contributed by atoms with van der Waals surface area (Å²) in [6.07, 6.45) is 6.08. The third kappa shape index (κ3) is 3.54. The molecule has 1 unspecified atom stereocenters. The van der Waals surface area contributed by atoms with Gasteiger partial charge in [0.15, 0.2) is 0 Å². The average molecular weight is 313 g/mol. The Kier molecular flexibility index (Phi) is 5.08. The normalized spacial score (nSPS) is 14.2. The molecule has 0 saturated heterocycles. The largest absolute Gasteiger partial charge is 0.383 e. The van der Waals surface area contributed by atoms with Crippen LogP contribution in [0.25, 0.3) is 0 Å². The molecule has 1 N–H and O–H groups in total. The number of unbranched alkanes of at least 4 members (excludes halogenated alkanes) is 1. The van der Waals surface area contributed by atoms with Crippen LogP contribution in [0.2, 0.25) is 10.0 Å². The highest BCUT2D eigenvalue weighted by Gasteiger charge is 2.31. The van der Waals surface area contributed by atoms with Crippen molar-refractivity contribution in [3.8, 4) is 0 Å². The van der Waals surface area contributed by atoms with Gasteiger partial charge in [0.1, 0.15) is 5.60 Å². The molecule has 1 aromatic heterocycles. The van der Waals surface area contributed by atoms with Gasteiger partial charge in [-0.05, 0) is 24.6 Å². The SMILES string of the molecule is CCCCC(O)(Cn1cccn1)c1ccc(Cl)cc1Cl. The summed E-state index contributed by atoms with van der Waals surface area (Å²) in [5.41, 5.74) is -0.337. The van der Waals surface area contributed by atoms with E-state index in [0.717, 1.165) is 12.8 Å². The van der Waals surface area contributed by atoms with Gasteiger partial charge in [-0.3, -0.25) is 4.68 Å². The number of hydrogen-bond acceptors (Lipinski definition) is 2. The monoisotopic (exact) mass is 312 g/mol. The fourth-order valence-corrected chi connectivity index (χ4v) is 2.88. The van der Waals surface area contributed by atoms with Crippen molar-refractivity contribution >= 4 is 23.2 Å². The third-order valence-electron chi connectivity index (χ3n) is 3.36. The molecule has 0 aliphatic rings. The summed E-state index contributed by atoms with van der Waals surface area (Å²) in [5.74, 6) is 0. The Morgan fingerprint density at radius 2 is 2.15 bits per heavy atom. The maximum absolute atomic E-state index is 11.1. The lowest BCUT2D eigenvalue weighted by Gasteiger charge is -2.29. The van der Waals surface area contributed by atoms with Crippen molar-refractivity contribution in [2.75, 3.05) is 0 Å².